The number of sulfonamides is 2. The summed E-state index contributed by atoms with van der Waals surface area (Å²) in [6, 6.07) is 5.06. The van der Waals surface area contributed by atoms with E-state index in [-0.39, 0.29) is 9.79 Å². The molecule has 9 heteroatoms. The largest absolute Gasteiger partial charge is 0.257 e. The Morgan fingerprint density at radius 1 is 0.688 bits per heavy atom. The highest BCUT2D eigenvalue weighted by Gasteiger charge is 2.21. The first kappa shape index (κ1) is 29.0. The molecule has 0 saturated heterocycles. The van der Waals surface area contributed by atoms with Gasteiger partial charge in [-0.1, -0.05) is 90.4 Å². The van der Waals surface area contributed by atoms with Crippen LogP contribution < -0.4 is 10.7 Å². The number of nitrogens with two attached hydrogens (primary N) is 1. The van der Waals surface area contributed by atoms with Crippen LogP contribution in [0.15, 0.2) is 34.1 Å². The van der Waals surface area contributed by atoms with Gasteiger partial charge < -0.3 is 0 Å². The number of unbranched alkanes of at least 4 members (excludes halogenated alkanes) is 13. The molecule has 3 N–H and O–H groups in total. The van der Waals surface area contributed by atoms with E-state index in [1.54, 1.807) is 11.9 Å². The number of hydrogen-bond donors (Lipinski definition) is 2. The summed E-state index contributed by atoms with van der Waals surface area (Å²) in [6.07, 6.45) is 17.6. The van der Waals surface area contributed by atoms with E-state index in [4.69, 9.17) is 5.84 Å². The molecule has 0 unspecified atom stereocenters. The molecule has 1 aromatic carbocycles. The molecule has 0 saturated carbocycles. The molecule has 0 aromatic heterocycles. The van der Waals surface area contributed by atoms with Gasteiger partial charge in [0, 0.05) is 13.6 Å². The molecule has 0 aliphatic heterocycles. The third-order valence-corrected chi connectivity index (χ3v) is 8.90. The Morgan fingerprint density at radius 3 is 1.47 bits per heavy atom. The van der Waals surface area contributed by atoms with Gasteiger partial charge in [-0.3, -0.25) is 5.84 Å². The van der Waals surface area contributed by atoms with Crippen molar-refractivity contribution < 1.29 is 16.8 Å². The topological polar surface area (TPSA) is 110 Å². The van der Waals surface area contributed by atoms with Crippen LogP contribution in [0.1, 0.15) is 96.8 Å². The molecule has 0 aliphatic carbocycles. The summed E-state index contributed by atoms with van der Waals surface area (Å²) >= 11 is 0. The van der Waals surface area contributed by atoms with E-state index in [1.165, 1.54) is 99.2 Å². The van der Waals surface area contributed by atoms with Crippen molar-refractivity contribution >= 4 is 20.0 Å². The minimum absolute atomic E-state index is 0.0707. The second-order valence-electron chi connectivity index (χ2n) is 8.52. The van der Waals surface area contributed by atoms with Crippen LogP contribution in [-0.2, 0) is 20.0 Å². The maximum Gasteiger partial charge on any atom is 0.253 e. The quantitative estimate of drug-likeness (QED) is 0.162. The summed E-state index contributed by atoms with van der Waals surface area (Å²) < 4.78 is 50.0. The van der Waals surface area contributed by atoms with Crippen molar-refractivity contribution in [2.45, 2.75) is 107 Å². The first-order valence-electron chi connectivity index (χ1n) is 12.0. The average molecular weight is 490 g/mol. The van der Waals surface area contributed by atoms with Crippen molar-refractivity contribution in [2.75, 3.05) is 13.6 Å². The lowest BCUT2D eigenvalue weighted by Crippen LogP contribution is -2.30. The van der Waals surface area contributed by atoms with E-state index in [0.29, 0.717) is 6.54 Å². The Balaban J connectivity index is 2.18. The number of hydrogen-bond acceptors (Lipinski definition) is 5. The Kier molecular flexibility index (Phi) is 14.3. The molecule has 186 valence electrons. The summed E-state index contributed by atoms with van der Waals surface area (Å²) in [5.74, 6) is 4.99. The molecule has 0 spiro atoms. The van der Waals surface area contributed by atoms with E-state index >= 15 is 0 Å². The van der Waals surface area contributed by atoms with Gasteiger partial charge in [-0.05, 0) is 30.7 Å². The zero-order chi connectivity index (χ0) is 23.9. The molecule has 1 rings (SSSR count). The van der Waals surface area contributed by atoms with Crippen LogP contribution >= 0.6 is 0 Å². The maximum atomic E-state index is 12.7. The highest BCUT2D eigenvalue weighted by Crippen LogP contribution is 2.18. The molecule has 32 heavy (non-hydrogen) atoms. The van der Waals surface area contributed by atoms with Gasteiger partial charge in [0.1, 0.15) is 0 Å². The van der Waals surface area contributed by atoms with Gasteiger partial charge in [0.25, 0.3) is 10.0 Å². The molecule has 0 amide bonds. The second kappa shape index (κ2) is 15.8. The van der Waals surface area contributed by atoms with Crippen LogP contribution in [0.2, 0.25) is 0 Å². The molecule has 1 aromatic rings. The Bertz CT molecular complexity index is 825. The molecule has 0 bridgehead atoms. The number of rotatable bonds is 19. The molecule has 0 heterocycles. The van der Waals surface area contributed by atoms with E-state index in [2.05, 4.69) is 6.92 Å². The third-order valence-electron chi connectivity index (χ3n) is 5.82. The van der Waals surface area contributed by atoms with Gasteiger partial charge in [0.2, 0.25) is 10.0 Å². The van der Waals surface area contributed by atoms with Crippen LogP contribution in [0.25, 0.3) is 0 Å². The summed E-state index contributed by atoms with van der Waals surface area (Å²) in [5, 5.41) is 0. The first-order valence-corrected chi connectivity index (χ1v) is 15.0. The van der Waals surface area contributed by atoms with Crippen LogP contribution in [0.4, 0.5) is 0 Å². The standard InChI is InChI=1S/C23H43N3O4S2/c1-3-4-5-6-7-8-9-10-11-12-13-14-15-16-21-26(2)32(29,30)23-19-17-22(18-20-23)31(27,28)25-24/h17-20,25H,3-16,21,24H2,1-2H3. The molecule has 0 aliphatic rings. The highest BCUT2D eigenvalue weighted by atomic mass is 32.2. The minimum Gasteiger partial charge on any atom is -0.257 e. The SMILES string of the molecule is CCCCCCCCCCCCCCCCN(C)S(=O)(=O)c1ccc(S(=O)(=O)NN)cc1. The summed E-state index contributed by atoms with van der Waals surface area (Å²) in [4.78, 5) is 1.72. The predicted molar refractivity (Wildman–Crippen MR) is 131 cm³/mol. The third kappa shape index (κ3) is 10.7. The Hall–Kier alpha value is -1.00. The summed E-state index contributed by atoms with van der Waals surface area (Å²) in [7, 11) is -5.88. The number of benzene rings is 1. The van der Waals surface area contributed by atoms with Crippen LogP contribution in [0, 0.1) is 0 Å². The molecule has 0 atom stereocenters. The van der Waals surface area contributed by atoms with Gasteiger partial charge in [0.15, 0.2) is 0 Å². The van der Waals surface area contributed by atoms with E-state index in [1.807, 2.05) is 0 Å². The van der Waals surface area contributed by atoms with Crippen molar-refractivity contribution in [2.24, 2.45) is 5.84 Å². The fourth-order valence-electron chi connectivity index (χ4n) is 3.69. The minimum atomic E-state index is -3.80. The molecular weight excluding hydrogens is 446 g/mol. The maximum absolute atomic E-state index is 12.7. The molecular formula is C23H43N3O4S2. The van der Waals surface area contributed by atoms with Gasteiger partial charge in [-0.2, -0.15) is 4.83 Å². The van der Waals surface area contributed by atoms with E-state index in [9.17, 15) is 16.8 Å². The lowest BCUT2D eigenvalue weighted by Gasteiger charge is -2.17. The zero-order valence-electron chi connectivity index (χ0n) is 19.9. The lowest BCUT2D eigenvalue weighted by molar-refractivity contribution is 0.447. The van der Waals surface area contributed by atoms with Crippen molar-refractivity contribution in [3.8, 4) is 0 Å². The van der Waals surface area contributed by atoms with E-state index in [0.717, 1.165) is 19.3 Å². The van der Waals surface area contributed by atoms with Crippen LogP contribution in [0.5, 0.6) is 0 Å². The number of hydrazine groups is 1. The molecule has 7 nitrogen and oxygen atoms in total. The van der Waals surface area contributed by atoms with Crippen LogP contribution in [-0.4, -0.2) is 34.7 Å². The average Bonchev–Trinajstić information content (AvgIpc) is 2.79. The van der Waals surface area contributed by atoms with E-state index < -0.39 is 20.0 Å². The predicted octanol–water partition coefficient (Wildman–Crippen LogP) is 4.94. The fraction of sp³-hybridized carbons (Fsp3) is 0.739. The van der Waals surface area contributed by atoms with Gasteiger partial charge in [-0.15, -0.1) is 0 Å². The fourth-order valence-corrected chi connectivity index (χ4v) is 5.53. The number of nitrogens with zero attached hydrogens (tertiary/aromatic N) is 1. The van der Waals surface area contributed by atoms with Gasteiger partial charge in [-0.25, -0.2) is 21.1 Å². The van der Waals surface area contributed by atoms with Gasteiger partial charge in [0.05, 0.1) is 9.79 Å². The molecule has 0 radical (unpaired) electrons. The monoisotopic (exact) mass is 489 g/mol. The highest BCUT2D eigenvalue weighted by molar-refractivity contribution is 7.89. The van der Waals surface area contributed by atoms with Crippen LogP contribution in [0.3, 0.4) is 0 Å². The lowest BCUT2D eigenvalue weighted by atomic mass is 10.0. The number of nitrogens with one attached hydrogen (secondary N) is 1. The van der Waals surface area contributed by atoms with Crippen molar-refractivity contribution in [1.29, 1.82) is 0 Å². The summed E-state index contributed by atoms with van der Waals surface area (Å²) in [6.45, 7) is 2.70. The van der Waals surface area contributed by atoms with Crippen molar-refractivity contribution in [3.63, 3.8) is 0 Å². The Morgan fingerprint density at radius 2 is 1.06 bits per heavy atom. The summed E-state index contributed by atoms with van der Waals surface area (Å²) in [5.41, 5.74) is 0. The van der Waals surface area contributed by atoms with Crippen molar-refractivity contribution in [3.05, 3.63) is 24.3 Å². The first-order chi connectivity index (χ1) is 15.3. The van der Waals surface area contributed by atoms with Crippen molar-refractivity contribution in [1.82, 2.24) is 9.14 Å². The normalized spacial score (nSPS) is 12.5. The second-order valence-corrected chi connectivity index (χ2v) is 12.3. The zero-order valence-corrected chi connectivity index (χ0v) is 21.5. The van der Waals surface area contributed by atoms with Gasteiger partial charge >= 0.3 is 0 Å². The Labute approximate surface area is 196 Å². The molecule has 0 fully saturated rings. The smallest absolute Gasteiger partial charge is 0.253 e.